The third kappa shape index (κ3) is 4.95. The van der Waals surface area contributed by atoms with Crippen LogP contribution >= 0.6 is 0 Å². The Morgan fingerprint density at radius 1 is 1.29 bits per heavy atom. The number of carbonyl (C=O) groups is 1. The van der Waals surface area contributed by atoms with Gasteiger partial charge in [0.05, 0.1) is 6.61 Å². The van der Waals surface area contributed by atoms with Crippen molar-refractivity contribution in [2.24, 2.45) is 10.7 Å². The molecule has 5 heteroatoms. The summed E-state index contributed by atoms with van der Waals surface area (Å²) in [5.41, 5.74) is 6.27. The lowest BCUT2D eigenvalue weighted by Crippen LogP contribution is -2.25. The van der Waals surface area contributed by atoms with Crippen molar-refractivity contribution in [3.8, 4) is 0 Å². The molecule has 0 aliphatic heterocycles. The third-order valence-electron chi connectivity index (χ3n) is 2.81. The van der Waals surface area contributed by atoms with Gasteiger partial charge in [-0.15, -0.1) is 0 Å². The van der Waals surface area contributed by atoms with Crippen molar-refractivity contribution < 1.29 is 14.6 Å². The van der Waals surface area contributed by atoms with Crippen molar-refractivity contribution in [1.29, 1.82) is 0 Å². The Morgan fingerprint density at radius 2 is 1.95 bits per heavy atom. The smallest absolute Gasteiger partial charge is 0.345 e. The molecule has 5 nitrogen and oxygen atoms in total. The van der Waals surface area contributed by atoms with Gasteiger partial charge in [0.1, 0.15) is 17.2 Å². The summed E-state index contributed by atoms with van der Waals surface area (Å²) >= 11 is 0. The molecule has 0 aromatic heterocycles. The van der Waals surface area contributed by atoms with Gasteiger partial charge in [-0.3, -0.25) is 4.99 Å². The van der Waals surface area contributed by atoms with Gasteiger partial charge in [0.25, 0.3) is 0 Å². The van der Waals surface area contributed by atoms with Crippen molar-refractivity contribution in [3.63, 3.8) is 0 Å². The molecule has 0 heterocycles. The van der Waals surface area contributed by atoms with Gasteiger partial charge in [0.15, 0.2) is 0 Å². The number of aliphatic hydroxyl groups is 1. The summed E-state index contributed by atoms with van der Waals surface area (Å²) < 4.78 is 4.96. The van der Waals surface area contributed by atoms with Crippen molar-refractivity contribution >= 4 is 17.6 Å². The molecule has 0 saturated heterocycles. The molecule has 0 saturated carbocycles. The molecule has 0 spiro atoms. The van der Waals surface area contributed by atoms with E-state index in [1.165, 1.54) is 0 Å². The molecular formula is C16H22N2O3. The van der Waals surface area contributed by atoms with E-state index in [2.05, 4.69) is 4.99 Å². The fraction of sp³-hybridized carbons (Fsp3) is 0.375. The Bertz CT molecular complexity index is 522. The molecule has 1 aromatic rings. The molecule has 0 atom stereocenters. The zero-order chi connectivity index (χ0) is 15.7. The van der Waals surface area contributed by atoms with E-state index in [0.29, 0.717) is 12.1 Å². The Labute approximate surface area is 125 Å². The van der Waals surface area contributed by atoms with Crippen LogP contribution in [0.25, 0.3) is 5.76 Å². The van der Waals surface area contributed by atoms with E-state index in [4.69, 9.17) is 10.5 Å². The minimum absolute atomic E-state index is 0.00301. The number of rotatable bonds is 7. The number of aliphatic imine (C=N–C) groups is 1. The molecule has 1 rings (SSSR count). The van der Waals surface area contributed by atoms with E-state index in [0.717, 1.165) is 12.8 Å². The van der Waals surface area contributed by atoms with Gasteiger partial charge >= 0.3 is 5.97 Å². The summed E-state index contributed by atoms with van der Waals surface area (Å²) in [5, 5.41) is 10.3. The number of benzene rings is 1. The van der Waals surface area contributed by atoms with E-state index >= 15 is 0 Å². The van der Waals surface area contributed by atoms with Crippen molar-refractivity contribution in [2.75, 3.05) is 13.2 Å². The van der Waals surface area contributed by atoms with Crippen LogP contribution in [0.2, 0.25) is 0 Å². The van der Waals surface area contributed by atoms with Crippen LogP contribution in [0.1, 0.15) is 32.3 Å². The first-order chi connectivity index (χ1) is 10.1. The van der Waals surface area contributed by atoms with Crippen molar-refractivity contribution in [2.45, 2.75) is 26.7 Å². The lowest BCUT2D eigenvalue weighted by Gasteiger charge is -2.10. The number of nitrogens with two attached hydrogens (primary N) is 1. The van der Waals surface area contributed by atoms with Crippen LogP contribution in [0.15, 0.2) is 40.9 Å². The van der Waals surface area contributed by atoms with E-state index in [1.807, 2.05) is 13.0 Å². The molecule has 0 aliphatic rings. The molecular weight excluding hydrogens is 268 g/mol. The maximum Gasteiger partial charge on any atom is 0.345 e. The lowest BCUT2D eigenvalue weighted by molar-refractivity contribution is -0.137. The summed E-state index contributed by atoms with van der Waals surface area (Å²) in [4.78, 5) is 16.2. The minimum Gasteiger partial charge on any atom is -0.506 e. The number of nitrogens with zero attached hydrogens (tertiary/aromatic N) is 1. The van der Waals surface area contributed by atoms with Gasteiger partial charge in [-0.2, -0.15) is 0 Å². The topological polar surface area (TPSA) is 84.9 Å². The SMILES string of the molecule is CCCCN=C(N)/C(C(=O)OCC)=C(\O)c1ccccc1. The highest BCUT2D eigenvalue weighted by molar-refractivity contribution is 6.22. The number of aliphatic hydroxyl groups excluding tert-OH is 1. The van der Waals surface area contributed by atoms with Crippen LogP contribution in [0.5, 0.6) is 0 Å². The van der Waals surface area contributed by atoms with Crippen LogP contribution in [0, 0.1) is 0 Å². The van der Waals surface area contributed by atoms with E-state index < -0.39 is 5.97 Å². The molecule has 114 valence electrons. The first-order valence-corrected chi connectivity index (χ1v) is 7.07. The van der Waals surface area contributed by atoms with Crippen molar-refractivity contribution in [3.05, 3.63) is 41.5 Å². The number of carbonyl (C=O) groups excluding carboxylic acids is 1. The fourth-order valence-electron chi connectivity index (χ4n) is 1.70. The van der Waals surface area contributed by atoms with E-state index in [1.54, 1.807) is 31.2 Å². The molecule has 1 aromatic carbocycles. The van der Waals surface area contributed by atoms with Gasteiger partial charge < -0.3 is 15.6 Å². The highest BCUT2D eigenvalue weighted by atomic mass is 16.5. The number of ether oxygens (including phenoxy) is 1. The highest BCUT2D eigenvalue weighted by Crippen LogP contribution is 2.17. The molecule has 0 fully saturated rings. The zero-order valence-electron chi connectivity index (χ0n) is 12.5. The molecule has 3 N–H and O–H groups in total. The van der Waals surface area contributed by atoms with Gasteiger partial charge in [0.2, 0.25) is 0 Å². The second kappa shape index (κ2) is 8.79. The third-order valence-corrected chi connectivity index (χ3v) is 2.81. The lowest BCUT2D eigenvalue weighted by atomic mass is 10.1. The first-order valence-electron chi connectivity index (χ1n) is 7.07. The summed E-state index contributed by atoms with van der Waals surface area (Å²) in [6.45, 7) is 4.44. The quantitative estimate of drug-likeness (QED) is 0.202. The largest absolute Gasteiger partial charge is 0.506 e. The Morgan fingerprint density at radius 3 is 2.52 bits per heavy atom. The summed E-state index contributed by atoms with van der Waals surface area (Å²) in [6.07, 6.45) is 1.84. The normalized spacial score (nSPS) is 12.8. The molecule has 0 amide bonds. The standard InChI is InChI=1S/C16H22N2O3/c1-3-5-11-18-15(17)13(16(20)21-4-2)14(19)12-9-7-6-8-10-12/h6-10,19H,3-5,11H2,1-2H3,(H2,17,18)/b14-13+. The molecule has 0 unspecified atom stereocenters. The molecule has 0 aliphatic carbocycles. The van der Waals surface area contributed by atoms with Gasteiger partial charge in [0, 0.05) is 12.1 Å². The van der Waals surface area contributed by atoms with Crippen LogP contribution in [0.3, 0.4) is 0 Å². The maximum atomic E-state index is 12.0. The minimum atomic E-state index is -0.670. The second-order valence-electron chi connectivity index (χ2n) is 4.43. The Kier molecular flexibility index (Phi) is 7.01. The molecule has 0 bridgehead atoms. The molecule has 0 radical (unpaired) electrons. The average molecular weight is 290 g/mol. The average Bonchev–Trinajstić information content (AvgIpc) is 2.49. The summed E-state index contributed by atoms with van der Waals surface area (Å²) in [7, 11) is 0. The maximum absolute atomic E-state index is 12.0. The number of unbranched alkanes of at least 4 members (excludes halogenated alkanes) is 1. The van der Waals surface area contributed by atoms with Gasteiger partial charge in [-0.1, -0.05) is 43.7 Å². The second-order valence-corrected chi connectivity index (χ2v) is 4.43. The fourth-order valence-corrected chi connectivity index (χ4v) is 1.70. The van der Waals surface area contributed by atoms with Gasteiger partial charge in [-0.25, -0.2) is 4.79 Å². The van der Waals surface area contributed by atoms with Crippen LogP contribution in [0.4, 0.5) is 0 Å². The van der Waals surface area contributed by atoms with E-state index in [-0.39, 0.29) is 23.8 Å². The monoisotopic (exact) mass is 290 g/mol. The van der Waals surface area contributed by atoms with Crippen LogP contribution < -0.4 is 5.73 Å². The zero-order valence-corrected chi connectivity index (χ0v) is 12.5. The van der Waals surface area contributed by atoms with Crippen LogP contribution in [-0.2, 0) is 9.53 Å². The Balaban J connectivity index is 3.18. The van der Waals surface area contributed by atoms with E-state index in [9.17, 15) is 9.90 Å². The molecule has 21 heavy (non-hydrogen) atoms. The first kappa shape index (κ1) is 16.8. The Hall–Kier alpha value is -2.30. The number of hydrogen-bond acceptors (Lipinski definition) is 4. The number of hydrogen-bond donors (Lipinski definition) is 2. The van der Waals surface area contributed by atoms with Crippen molar-refractivity contribution in [1.82, 2.24) is 0 Å². The summed E-state index contributed by atoms with van der Waals surface area (Å²) in [6, 6.07) is 8.72. The van der Waals surface area contributed by atoms with Crippen LogP contribution in [-0.4, -0.2) is 30.1 Å². The van der Waals surface area contributed by atoms with Gasteiger partial charge in [-0.05, 0) is 13.3 Å². The number of amidine groups is 1. The predicted octanol–water partition coefficient (Wildman–Crippen LogP) is 2.68. The summed E-state index contributed by atoms with van der Waals surface area (Å²) in [5.74, 6) is -0.883. The predicted molar refractivity (Wildman–Crippen MR) is 84.0 cm³/mol. The highest BCUT2D eigenvalue weighted by Gasteiger charge is 2.21. The number of esters is 1.